The summed E-state index contributed by atoms with van der Waals surface area (Å²) in [7, 11) is 0. The van der Waals surface area contributed by atoms with Crippen molar-refractivity contribution < 1.29 is 9.59 Å². The third-order valence-corrected chi connectivity index (χ3v) is 3.63. The van der Waals surface area contributed by atoms with Crippen LogP contribution in [-0.4, -0.2) is 26.6 Å². The Morgan fingerprint density at radius 1 is 1.36 bits per heavy atom. The third-order valence-electron chi connectivity index (χ3n) is 3.19. The van der Waals surface area contributed by atoms with Crippen LogP contribution in [0, 0.1) is 5.92 Å². The molecule has 114 valence electrons. The first kappa shape index (κ1) is 14.8. The third kappa shape index (κ3) is 3.20. The second-order valence-electron chi connectivity index (χ2n) is 4.86. The average Bonchev–Trinajstić information content (AvgIpc) is 2.84. The maximum atomic E-state index is 12.1. The Morgan fingerprint density at radius 2 is 2.09 bits per heavy atom. The molecule has 2 aromatic rings. The Morgan fingerprint density at radius 3 is 2.82 bits per heavy atom. The summed E-state index contributed by atoms with van der Waals surface area (Å²) in [6, 6.07) is 4.74. The summed E-state index contributed by atoms with van der Waals surface area (Å²) in [6.07, 6.45) is 1.38. The summed E-state index contributed by atoms with van der Waals surface area (Å²) < 4.78 is 1.55. The van der Waals surface area contributed by atoms with Gasteiger partial charge in [0.2, 0.25) is 17.8 Å². The second-order valence-corrected chi connectivity index (χ2v) is 5.74. The lowest BCUT2D eigenvalue weighted by Crippen LogP contribution is -2.36. The molecule has 0 bridgehead atoms. The van der Waals surface area contributed by atoms with Gasteiger partial charge in [0, 0.05) is 22.2 Å². The molecule has 9 heteroatoms. The van der Waals surface area contributed by atoms with E-state index in [1.54, 1.807) is 22.9 Å². The Hall–Kier alpha value is -2.12. The summed E-state index contributed by atoms with van der Waals surface area (Å²) in [5, 5.41) is 10.1. The number of halogens is 2. The molecular formula is C13H11Cl2N5O2. The van der Waals surface area contributed by atoms with E-state index in [0.717, 1.165) is 0 Å². The highest BCUT2D eigenvalue weighted by Crippen LogP contribution is 2.23. The van der Waals surface area contributed by atoms with Crippen molar-refractivity contribution in [2.75, 3.05) is 10.6 Å². The fourth-order valence-electron chi connectivity index (χ4n) is 2.22. The van der Waals surface area contributed by atoms with Gasteiger partial charge in [-0.05, 0) is 18.2 Å². The van der Waals surface area contributed by atoms with Crippen LogP contribution in [0.1, 0.15) is 6.42 Å². The van der Waals surface area contributed by atoms with E-state index in [-0.39, 0.29) is 18.2 Å². The zero-order valence-corrected chi connectivity index (χ0v) is 12.7. The number of carbonyl (C=O) groups excluding carboxylic acids is 2. The van der Waals surface area contributed by atoms with E-state index in [2.05, 4.69) is 20.7 Å². The first-order valence-electron chi connectivity index (χ1n) is 6.46. The highest BCUT2D eigenvalue weighted by molar-refractivity contribution is 6.35. The predicted octanol–water partition coefficient (Wildman–Crippen LogP) is 2.18. The van der Waals surface area contributed by atoms with Crippen LogP contribution in [0.4, 0.5) is 11.6 Å². The van der Waals surface area contributed by atoms with Crippen LogP contribution in [0.15, 0.2) is 24.5 Å². The largest absolute Gasteiger partial charge is 0.326 e. The molecule has 7 nitrogen and oxygen atoms in total. The van der Waals surface area contributed by atoms with Gasteiger partial charge in [-0.25, -0.2) is 4.68 Å². The number of hydrogen-bond donors (Lipinski definition) is 2. The topological polar surface area (TPSA) is 88.9 Å². The molecule has 0 radical (unpaired) electrons. The number of benzene rings is 1. The fourth-order valence-corrected chi connectivity index (χ4v) is 2.74. The Bertz CT molecular complexity index is 726. The molecule has 1 aromatic heterocycles. The number of anilines is 2. The van der Waals surface area contributed by atoms with E-state index >= 15 is 0 Å². The van der Waals surface area contributed by atoms with Crippen LogP contribution in [0.3, 0.4) is 0 Å². The smallest absolute Gasteiger partial charge is 0.232 e. The van der Waals surface area contributed by atoms with Crippen molar-refractivity contribution in [2.45, 2.75) is 13.0 Å². The highest BCUT2D eigenvalue weighted by Gasteiger charge is 2.29. The lowest BCUT2D eigenvalue weighted by molar-refractivity contribution is -0.125. The van der Waals surface area contributed by atoms with Crippen molar-refractivity contribution in [3.8, 4) is 0 Å². The first-order chi connectivity index (χ1) is 10.5. The first-order valence-corrected chi connectivity index (χ1v) is 7.21. The quantitative estimate of drug-likeness (QED) is 0.896. The van der Waals surface area contributed by atoms with Crippen LogP contribution < -0.4 is 10.6 Å². The summed E-state index contributed by atoms with van der Waals surface area (Å²) in [6.45, 7) is 0.310. The molecule has 0 aliphatic carbocycles. The SMILES string of the molecule is O=C(C[C@H]1Cn2ncnc2NC1=O)Nc1cc(Cl)cc(Cl)c1. The molecule has 2 heterocycles. The summed E-state index contributed by atoms with van der Waals surface area (Å²) >= 11 is 11.7. The summed E-state index contributed by atoms with van der Waals surface area (Å²) in [5.74, 6) is -0.672. The molecule has 1 aliphatic heterocycles. The van der Waals surface area contributed by atoms with E-state index in [1.165, 1.54) is 6.33 Å². The van der Waals surface area contributed by atoms with Crippen molar-refractivity contribution in [1.29, 1.82) is 0 Å². The maximum absolute atomic E-state index is 12.1. The number of fused-ring (bicyclic) bond motifs is 1. The number of nitrogens with one attached hydrogen (secondary N) is 2. The summed E-state index contributed by atoms with van der Waals surface area (Å²) in [4.78, 5) is 27.9. The number of carbonyl (C=O) groups is 2. The number of hydrogen-bond acceptors (Lipinski definition) is 4. The zero-order valence-electron chi connectivity index (χ0n) is 11.2. The monoisotopic (exact) mass is 339 g/mol. The van der Waals surface area contributed by atoms with Crippen LogP contribution in [0.25, 0.3) is 0 Å². The minimum Gasteiger partial charge on any atom is -0.326 e. The molecular weight excluding hydrogens is 329 g/mol. The van der Waals surface area contributed by atoms with Crippen molar-refractivity contribution in [1.82, 2.24) is 14.8 Å². The Balaban J connectivity index is 1.66. The maximum Gasteiger partial charge on any atom is 0.232 e. The molecule has 0 unspecified atom stereocenters. The van der Waals surface area contributed by atoms with Crippen molar-refractivity contribution in [2.24, 2.45) is 5.92 Å². The molecule has 2 amide bonds. The van der Waals surface area contributed by atoms with Gasteiger partial charge in [-0.1, -0.05) is 23.2 Å². The van der Waals surface area contributed by atoms with E-state index in [4.69, 9.17) is 23.2 Å². The molecule has 0 spiro atoms. The molecule has 1 aliphatic rings. The molecule has 22 heavy (non-hydrogen) atoms. The van der Waals surface area contributed by atoms with Gasteiger partial charge in [0.15, 0.2) is 0 Å². The van der Waals surface area contributed by atoms with Gasteiger partial charge in [0.1, 0.15) is 6.33 Å². The van der Waals surface area contributed by atoms with E-state index in [1.807, 2.05) is 0 Å². The van der Waals surface area contributed by atoms with Crippen LogP contribution in [-0.2, 0) is 16.1 Å². The molecule has 3 rings (SSSR count). The Labute approximate surface area is 135 Å². The number of nitrogens with zero attached hydrogens (tertiary/aromatic N) is 3. The lowest BCUT2D eigenvalue weighted by atomic mass is 10.0. The minimum atomic E-state index is -0.510. The van der Waals surface area contributed by atoms with Crippen molar-refractivity contribution >= 4 is 46.7 Å². The second kappa shape index (κ2) is 5.94. The number of amides is 2. The van der Waals surface area contributed by atoms with Gasteiger partial charge < -0.3 is 5.32 Å². The van der Waals surface area contributed by atoms with E-state index < -0.39 is 5.92 Å². The van der Waals surface area contributed by atoms with Gasteiger partial charge >= 0.3 is 0 Å². The fraction of sp³-hybridized carbons (Fsp3) is 0.231. The van der Waals surface area contributed by atoms with Gasteiger partial charge in [0.25, 0.3) is 0 Å². The van der Waals surface area contributed by atoms with E-state index in [0.29, 0.717) is 28.2 Å². The number of aromatic nitrogens is 3. The molecule has 2 N–H and O–H groups in total. The standard InChI is InChI=1S/C13H11Cl2N5O2/c14-8-2-9(15)4-10(3-8)18-11(21)1-7-5-20-13(16-6-17-20)19-12(7)22/h2-4,6-7H,1,5H2,(H,18,21)(H,16,17,19,22)/t7-/m0/s1. The van der Waals surface area contributed by atoms with Crippen LogP contribution in [0.2, 0.25) is 10.0 Å². The van der Waals surface area contributed by atoms with Gasteiger partial charge in [0.05, 0.1) is 12.5 Å². The average molecular weight is 340 g/mol. The van der Waals surface area contributed by atoms with Crippen LogP contribution in [0.5, 0.6) is 0 Å². The molecule has 0 saturated carbocycles. The zero-order chi connectivity index (χ0) is 15.7. The van der Waals surface area contributed by atoms with Crippen LogP contribution >= 0.6 is 23.2 Å². The molecule has 1 atom stereocenters. The normalized spacial score (nSPS) is 16.8. The predicted molar refractivity (Wildman–Crippen MR) is 81.9 cm³/mol. The summed E-state index contributed by atoms with van der Waals surface area (Å²) in [5.41, 5.74) is 0.486. The minimum absolute atomic E-state index is 0.0231. The molecule has 0 saturated heterocycles. The highest BCUT2D eigenvalue weighted by atomic mass is 35.5. The lowest BCUT2D eigenvalue weighted by Gasteiger charge is -2.21. The van der Waals surface area contributed by atoms with Gasteiger partial charge in [-0.2, -0.15) is 10.1 Å². The van der Waals surface area contributed by atoms with Gasteiger partial charge in [-0.3, -0.25) is 14.9 Å². The molecule has 1 aromatic carbocycles. The van der Waals surface area contributed by atoms with E-state index in [9.17, 15) is 9.59 Å². The number of rotatable bonds is 3. The van der Waals surface area contributed by atoms with Crippen molar-refractivity contribution in [3.63, 3.8) is 0 Å². The Kier molecular flexibility index (Phi) is 4.00. The van der Waals surface area contributed by atoms with Gasteiger partial charge in [-0.15, -0.1) is 0 Å². The molecule has 0 fully saturated rings. The van der Waals surface area contributed by atoms with Crippen molar-refractivity contribution in [3.05, 3.63) is 34.6 Å².